The molecular formula is C16H12Cl2N2O2. The van der Waals surface area contributed by atoms with E-state index < -0.39 is 0 Å². The van der Waals surface area contributed by atoms with Crippen molar-refractivity contribution in [2.45, 2.75) is 13.0 Å². The van der Waals surface area contributed by atoms with E-state index in [0.717, 1.165) is 5.52 Å². The SMILES string of the molecule is CC(NC(=O)c1ccc(Cl)cc1Cl)c1nc2ccccc2o1. The summed E-state index contributed by atoms with van der Waals surface area (Å²) in [5, 5.41) is 3.59. The zero-order valence-corrected chi connectivity index (χ0v) is 13.2. The predicted molar refractivity (Wildman–Crippen MR) is 86.4 cm³/mol. The van der Waals surface area contributed by atoms with E-state index in [1.54, 1.807) is 19.1 Å². The molecular weight excluding hydrogens is 323 g/mol. The first-order chi connectivity index (χ1) is 10.5. The molecule has 1 atom stereocenters. The Hall–Kier alpha value is -2.04. The topological polar surface area (TPSA) is 55.1 Å². The number of nitrogens with zero attached hydrogens (tertiary/aromatic N) is 1. The van der Waals surface area contributed by atoms with Crippen LogP contribution in [0.25, 0.3) is 11.1 Å². The number of aromatic nitrogens is 1. The van der Waals surface area contributed by atoms with Gasteiger partial charge in [0.05, 0.1) is 10.6 Å². The van der Waals surface area contributed by atoms with E-state index in [1.165, 1.54) is 6.07 Å². The lowest BCUT2D eigenvalue weighted by atomic mass is 10.2. The van der Waals surface area contributed by atoms with E-state index >= 15 is 0 Å². The van der Waals surface area contributed by atoms with Gasteiger partial charge in [0.15, 0.2) is 5.58 Å². The van der Waals surface area contributed by atoms with Crippen molar-refractivity contribution in [1.82, 2.24) is 10.3 Å². The Morgan fingerprint density at radius 3 is 2.73 bits per heavy atom. The van der Waals surface area contributed by atoms with Gasteiger partial charge in [-0.15, -0.1) is 0 Å². The van der Waals surface area contributed by atoms with Crippen LogP contribution >= 0.6 is 23.2 Å². The first-order valence-electron chi connectivity index (χ1n) is 6.66. The largest absolute Gasteiger partial charge is 0.438 e. The smallest absolute Gasteiger partial charge is 0.253 e. The van der Waals surface area contributed by atoms with Crippen LogP contribution in [0.4, 0.5) is 0 Å². The fourth-order valence-electron chi connectivity index (χ4n) is 2.08. The number of nitrogens with one attached hydrogen (secondary N) is 1. The lowest BCUT2D eigenvalue weighted by molar-refractivity contribution is 0.0934. The third-order valence-electron chi connectivity index (χ3n) is 3.20. The Kier molecular flexibility index (Phi) is 4.05. The second-order valence-corrected chi connectivity index (χ2v) is 5.68. The van der Waals surface area contributed by atoms with E-state index in [1.807, 2.05) is 24.3 Å². The second kappa shape index (κ2) is 5.99. The number of halogens is 2. The fraction of sp³-hybridized carbons (Fsp3) is 0.125. The molecule has 1 amide bonds. The van der Waals surface area contributed by atoms with Crippen LogP contribution in [0, 0.1) is 0 Å². The molecule has 1 heterocycles. The molecule has 22 heavy (non-hydrogen) atoms. The maximum absolute atomic E-state index is 12.3. The molecule has 0 bridgehead atoms. The summed E-state index contributed by atoms with van der Waals surface area (Å²) >= 11 is 11.9. The van der Waals surface area contributed by atoms with Gasteiger partial charge in [-0.2, -0.15) is 0 Å². The number of rotatable bonds is 3. The number of carbonyl (C=O) groups is 1. The van der Waals surface area contributed by atoms with Crippen molar-refractivity contribution < 1.29 is 9.21 Å². The molecule has 0 fully saturated rings. The number of amides is 1. The van der Waals surface area contributed by atoms with Gasteiger partial charge in [-0.3, -0.25) is 4.79 Å². The number of benzene rings is 2. The summed E-state index contributed by atoms with van der Waals surface area (Å²) in [5.41, 5.74) is 1.79. The third-order valence-corrected chi connectivity index (χ3v) is 3.75. The first kappa shape index (κ1) is 14.9. The second-order valence-electron chi connectivity index (χ2n) is 4.84. The van der Waals surface area contributed by atoms with Gasteiger partial charge in [-0.1, -0.05) is 35.3 Å². The van der Waals surface area contributed by atoms with Gasteiger partial charge in [-0.25, -0.2) is 4.98 Å². The van der Waals surface area contributed by atoms with Gasteiger partial charge < -0.3 is 9.73 Å². The first-order valence-corrected chi connectivity index (χ1v) is 7.41. The number of oxazole rings is 1. The zero-order chi connectivity index (χ0) is 15.7. The summed E-state index contributed by atoms with van der Waals surface area (Å²) in [6.07, 6.45) is 0. The molecule has 0 saturated carbocycles. The van der Waals surface area contributed by atoms with Gasteiger partial charge in [0.1, 0.15) is 11.6 Å². The monoisotopic (exact) mass is 334 g/mol. The predicted octanol–water partition coefficient (Wildman–Crippen LogP) is 4.63. The average molecular weight is 335 g/mol. The molecule has 0 aliphatic heterocycles. The van der Waals surface area contributed by atoms with E-state index in [0.29, 0.717) is 27.1 Å². The number of fused-ring (bicyclic) bond motifs is 1. The van der Waals surface area contributed by atoms with Crippen molar-refractivity contribution in [3.63, 3.8) is 0 Å². The lowest BCUT2D eigenvalue weighted by Gasteiger charge is -2.11. The summed E-state index contributed by atoms with van der Waals surface area (Å²) in [6.45, 7) is 1.80. The fourth-order valence-corrected chi connectivity index (χ4v) is 2.58. The molecule has 0 spiro atoms. The Bertz CT molecular complexity index is 812. The minimum absolute atomic E-state index is 0.301. The number of carbonyl (C=O) groups excluding carboxylic acids is 1. The highest BCUT2D eigenvalue weighted by molar-refractivity contribution is 6.36. The van der Waals surface area contributed by atoms with Gasteiger partial charge >= 0.3 is 0 Å². The average Bonchev–Trinajstić information content (AvgIpc) is 2.91. The van der Waals surface area contributed by atoms with Gasteiger partial charge in [0, 0.05) is 5.02 Å². The van der Waals surface area contributed by atoms with Crippen LogP contribution in [-0.2, 0) is 0 Å². The Labute approximate surface area is 137 Å². The summed E-state index contributed by atoms with van der Waals surface area (Å²) < 4.78 is 5.64. The molecule has 3 aromatic rings. The minimum atomic E-state index is -0.383. The summed E-state index contributed by atoms with van der Waals surface area (Å²) in [5.74, 6) is 0.135. The molecule has 1 unspecified atom stereocenters. The zero-order valence-electron chi connectivity index (χ0n) is 11.6. The van der Waals surface area contributed by atoms with E-state index in [9.17, 15) is 4.79 Å². The standard InChI is InChI=1S/C16H12Cl2N2O2/c1-9(16-20-13-4-2-3-5-14(13)22-16)19-15(21)11-7-6-10(17)8-12(11)18/h2-9H,1H3,(H,19,21). The van der Waals surface area contributed by atoms with Crippen LogP contribution in [0.5, 0.6) is 0 Å². The lowest BCUT2D eigenvalue weighted by Crippen LogP contribution is -2.27. The minimum Gasteiger partial charge on any atom is -0.438 e. The normalized spacial score (nSPS) is 12.3. The molecule has 0 radical (unpaired) electrons. The van der Waals surface area contributed by atoms with Crippen LogP contribution in [0.1, 0.15) is 29.2 Å². The molecule has 1 N–H and O–H groups in total. The van der Waals surface area contributed by atoms with Gasteiger partial charge in [0.25, 0.3) is 5.91 Å². The maximum atomic E-state index is 12.3. The Morgan fingerprint density at radius 2 is 2.00 bits per heavy atom. The van der Waals surface area contributed by atoms with Crippen molar-refractivity contribution in [2.24, 2.45) is 0 Å². The molecule has 3 rings (SSSR count). The van der Waals surface area contributed by atoms with E-state index in [-0.39, 0.29) is 11.9 Å². The number of hydrogen-bond donors (Lipinski definition) is 1. The Morgan fingerprint density at radius 1 is 1.23 bits per heavy atom. The third kappa shape index (κ3) is 2.93. The van der Waals surface area contributed by atoms with Crippen molar-refractivity contribution in [1.29, 1.82) is 0 Å². The van der Waals surface area contributed by atoms with Crippen molar-refractivity contribution in [3.8, 4) is 0 Å². The van der Waals surface area contributed by atoms with Crippen LogP contribution in [0.3, 0.4) is 0 Å². The van der Waals surface area contributed by atoms with Crippen LogP contribution < -0.4 is 5.32 Å². The van der Waals surface area contributed by atoms with Crippen molar-refractivity contribution in [3.05, 3.63) is 64.0 Å². The van der Waals surface area contributed by atoms with Crippen LogP contribution in [0.2, 0.25) is 10.0 Å². The van der Waals surface area contributed by atoms with Crippen LogP contribution in [-0.4, -0.2) is 10.9 Å². The van der Waals surface area contributed by atoms with Gasteiger partial charge in [-0.05, 0) is 37.3 Å². The summed E-state index contributed by atoms with van der Waals surface area (Å²) in [7, 11) is 0. The summed E-state index contributed by atoms with van der Waals surface area (Å²) in [6, 6.07) is 11.8. The molecule has 2 aromatic carbocycles. The highest BCUT2D eigenvalue weighted by Crippen LogP contribution is 2.23. The molecule has 112 valence electrons. The van der Waals surface area contributed by atoms with Crippen molar-refractivity contribution in [2.75, 3.05) is 0 Å². The molecule has 1 aromatic heterocycles. The van der Waals surface area contributed by atoms with E-state index in [4.69, 9.17) is 27.6 Å². The van der Waals surface area contributed by atoms with Gasteiger partial charge in [0.2, 0.25) is 5.89 Å². The van der Waals surface area contributed by atoms with Crippen molar-refractivity contribution >= 4 is 40.2 Å². The maximum Gasteiger partial charge on any atom is 0.253 e. The summed E-state index contributed by atoms with van der Waals surface area (Å²) in [4.78, 5) is 16.6. The molecule has 0 aliphatic carbocycles. The number of hydrogen-bond acceptors (Lipinski definition) is 3. The molecule has 0 saturated heterocycles. The van der Waals surface area contributed by atoms with E-state index in [2.05, 4.69) is 10.3 Å². The van der Waals surface area contributed by atoms with Crippen LogP contribution in [0.15, 0.2) is 46.9 Å². The molecule has 6 heteroatoms. The highest BCUT2D eigenvalue weighted by atomic mass is 35.5. The molecule has 0 aliphatic rings. The Balaban J connectivity index is 1.81. The number of para-hydroxylation sites is 2. The quantitative estimate of drug-likeness (QED) is 0.759. The highest BCUT2D eigenvalue weighted by Gasteiger charge is 2.18. The molecule has 4 nitrogen and oxygen atoms in total.